The van der Waals surface area contributed by atoms with Crippen LogP contribution in [0.3, 0.4) is 0 Å². The fourth-order valence-electron chi connectivity index (χ4n) is 9.33. The minimum Gasteiger partial charge on any atom is -0.501 e. The maximum Gasteiger partial charge on any atom is 0.121 e. The largest absolute Gasteiger partial charge is 0.501 e. The van der Waals surface area contributed by atoms with Crippen LogP contribution in [0, 0.1) is 12.1 Å². The molecular weight excluding hydrogens is 1010 g/mol. The zero-order chi connectivity index (χ0) is 52.5. The van der Waals surface area contributed by atoms with E-state index in [0.29, 0.717) is 28.1 Å². The second-order valence-corrected chi connectivity index (χ2v) is 19.0. The number of hydrogen-bond acceptors (Lipinski definition) is 3. The van der Waals surface area contributed by atoms with Crippen LogP contribution in [-0.2, 0) is 25.5 Å². The number of imidazole rings is 1. The van der Waals surface area contributed by atoms with Gasteiger partial charge in [0.25, 0.3) is 0 Å². The summed E-state index contributed by atoms with van der Waals surface area (Å²) in [6.45, 7) is 8.61. The van der Waals surface area contributed by atoms with Gasteiger partial charge in [-0.3, -0.25) is 4.98 Å². The van der Waals surface area contributed by atoms with Gasteiger partial charge in [-0.15, -0.1) is 54.1 Å². The van der Waals surface area contributed by atoms with Crippen molar-refractivity contribution in [1.29, 1.82) is 0 Å². The van der Waals surface area contributed by atoms with E-state index in [1.165, 1.54) is 11.6 Å². The van der Waals surface area contributed by atoms with Crippen molar-refractivity contribution in [2.45, 2.75) is 85.3 Å². The quantitative estimate of drug-likeness (QED) is 0.118. The van der Waals surface area contributed by atoms with E-state index in [4.69, 9.17) is 17.6 Å². The Morgan fingerprint density at radius 3 is 2.09 bits per heavy atom. The molecule has 0 aliphatic rings. The Labute approximate surface area is 424 Å². The van der Waals surface area contributed by atoms with Crippen molar-refractivity contribution < 1.29 is 34.1 Å². The van der Waals surface area contributed by atoms with Crippen LogP contribution in [0.2, 0.25) is 0 Å². The van der Waals surface area contributed by atoms with Crippen molar-refractivity contribution in [2.75, 3.05) is 0 Å². The Bertz CT molecular complexity index is 3850. The van der Waals surface area contributed by atoms with Gasteiger partial charge in [-0.2, -0.15) is 0 Å². The number of rotatable bonds is 7. The standard InChI is InChI=1S/C48H41N2O.C15H16N.Ir/c1-28(2)35-18-13-21-43-46(35)50(45-39(29(3)4)25-34(26-40(45)30(5)6)31-14-8-7-9-15-31)48(49-43)38-20-12-19-37-42-24-33-23-22-32-16-10-11-17-36(32)41(33)27-44(42)51-47(37)38;1-15(2,3)13-9-10-16-14(11-13)12-7-5-4-6-8-12;/h7-19,21-30H,1-6H3;4-7,9-11H,1-3H3;/q2*-1;/i1D3,2D3,28D;;. The van der Waals surface area contributed by atoms with Crippen molar-refractivity contribution in [1.82, 2.24) is 14.5 Å². The number of hydrogen-bond donors (Lipinski definition) is 0. The van der Waals surface area contributed by atoms with E-state index in [-0.39, 0.29) is 48.4 Å². The topological polar surface area (TPSA) is 43.9 Å². The predicted molar refractivity (Wildman–Crippen MR) is 283 cm³/mol. The van der Waals surface area contributed by atoms with Crippen molar-refractivity contribution in [3.63, 3.8) is 0 Å². The van der Waals surface area contributed by atoms with Crippen LogP contribution in [0.4, 0.5) is 0 Å². The zero-order valence-electron chi connectivity index (χ0n) is 46.3. The molecule has 0 saturated heterocycles. The number of pyridine rings is 1. The minimum absolute atomic E-state index is 0. The summed E-state index contributed by atoms with van der Waals surface area (Å²) >= 11 is 0. The molecular formula is C63H57IrN3O-2. The Morgan fingerprint density at radius 1 is 0.632 bits per heavy atom. The van der Waals surface area contributed by atoms with Crippen LogP contribution in [0.15, 0.2) is 168 Å². The number of para-hydroxylation sites is 1. The first-order valence-electron chi connectivity index (χ1n) is 26.5. The number of nitrogens with zero attached hydrogens (tertiary/aromatic N) is 3. The van der Waals surface area contributed by atoms with Gasteiger partial charge in [0.1, 0.15) is 5.58 Å². The second kappa shape index (κ2) is 18.8. The molecule has 11 aromatic rings. The Balaban J connectivity index is 0.000000346. The minimum atomic E-state index is -3.22. The summed E-state index contributed by atoms with van der Waals surface area (Å²) in [5.41, 5.74) is 10.4. The maximum atomic E-state index is 9.48. The molecule has 8 aromatic carbocycles. The molecule has 3 heterocycles. The van der Waals surface area contributed by atoms with Crippen molar-refractivity contribution >= 4 is 54.5 Å². The third-order valence-corrected chi connectivity index (χ3v) is 12.8. The molecule has 3 aromatic heterocycles. The summed E-state index contributed by atoms with van der Waals surface area (Å²) in [5.74, 6) is -2.66. The second-order valence-electron chi connectivity index (χ2n) is 19.0. The molecule has 0 amide bonds. The Kier molecular flexibility index (Phi) is 10.6. The molecule has 0 N–H and O–H groups in total. The van der Waals surface area contributed by atoms with Gasteiger partial charge in [0.15, 0.2) is 0 Å². The summed E-state index contributed by atoms with van der Waals surface area (Å²) in [6, 6.07) is 58.6. The van der Waals surface area contributed by atoms with Gasteiger partial charge < -0.3 is 14.0 Å². The third kappa shape index (κ3) is 8.59. The molecule has 0 fully saturated rings. The number of furan rings is 1. The van der Waals surface area contributed by atoms with Crippen molar-refractivity contribution in [3.8, 4) is 39.5 Å². The molecule has 68 heavy (non-hydrogen) atoms. The van der Waals surface area contributed by atoms with Crippen LogP contribution in [0.1, 0.15) is 112 Å². The van der Waals surface area contributed by atoms with E-state index in [9.17, 15) is 1.37 Å². The van der Waals surface area contributed by atoms with Crippen LogP contribution in [0.25, 0.3) is 94.0 Å². The van der Waals surface area contributed by atoms with Crippen LogP contribution in [-0.4, -0.2) is 14.5 Å². The third-order valence-electron chi connectivity index (χ3n) is 12.8. The summed E-state index contributed by atoms with van der Waals surface area (Å²) < 4.78 is 69.6. The zero-order valence-corrected chi connectivity index (χ0v) is 41.7. The fourth-order valence-corrected chi connectivity index (χ4v) is 9.33. The normalized spacial score (nSPS) is 13.9. The van der Waals surface area contributed by atoms with E-state index in [1.54, 1.807) is 12.1 Å². The van der Waals surface area contributed by atoms with Gasteiger partial charge in [0.2, 0.25) is 0 Å². The molecule has 0 atom stereocenters. The SMILES string of the molecule is CC(C)(C)c1ccnc(-c2[c-]cccc2)c1.[2H]C([2H])([2H])C([2H])(c1cccc2nc(-c3[c-]ccc4c3oc3cc5c(ccc6ccccc65)cc34)n(-c3c(C(C)C)cc(-c4ccccc4)cc3C(C)C)c12)C([2H])([2H])[2H].[Ir]. The first-order chi connectivity index (χ1) is 35.2. The fraction of sp³-hybridized carbons (Fsp3) is 0.206. The van der Waals surface area contributed by atoms with E-state index in [1.807, 2.05) is 77.5 Å². The van der Waals surface area contributed by atoms with Gasteiger partial charge in [-0.1, -0.05) is 158 Å². The summed E-state index contributed by atoms with van der Waals surface area (Å²) in [5, 5.41) is 6.16. The first kappa shape index (κ1) is 38.3. The Hall–Kier alpha value is -6.65. The van der Waals surface area contributed by atoms with E-state index in [0.717, 1.165) is 71.5 Å². The molecule has 0 aliphatic carbocycles. The van der Waals surface area contributed by atoms with Crippen LogP contribution in [0.5, 0.6) is 0 Å². The monoisotopic (exact) mass is 1070 g/mol. The van der Waals surface area contributed by atoms with Gasteiger partial charge >= 0.3 is 0 Å². The molecule has 0 unspecified atom stereocenters. The van der Waals surface area contributed by atoms with Gasteiger partial charge in [-0.05, 0) is 120 Å². The van der Waals surface area contributed by atoms with E-state index in [2.05, 4.69) is 138 Å². The van der Waals surface area contributed by atoms with Crippen molar-refractivity contribution in [3.05, 3.63) is 198 Å². The molecule has 0 bridgehead atoms. The van der Waals surface area contributed by atoms with Gasteiger partial charge in [-0.25, -0.2) is 0 Å². The Morgan fingerprint density at radius 2 is 1.37 bits per heavy atom. The van der Waals surface area contributed by atoms with Crippen LogP contribution < -0.4 is 0 Å². The average Bonchev–Trinajstić information content (AvgIpc) is 3.96. The molecule has 11 rings (SSSR count). The molecule has 5 heteroatoms. The van der Waals surface area contributed by atoms with Gasteiger partial charge in [0.05, 0.1) is 22.4 Å². The predicted octanol–water partition coefficient (Wildman–Crippen LogP) is 17.6. The number of fused-ring (bicyclic) bond motifs is 7. The molecule has 0 aliphatic heterocycles. The average molecular weight is 1070 g/mol. The van der Waals surface area contributed by atoms with E-state index < -0.39 is 19.6 Å². The number of benzene rings is 8. The molecule has 0 spiro atoms. The first-order valence-corrected chi connectivity index (χ1v) is 23.0. The molecule has 341 valence electrons. The number of aromatic nitrogens is 3. The molecule has 4 nitrogen and oxygen atoms in total. The summed E-state index contributed by atoms with van der Waals surface area (Å²) in [7, 11) is 0. The van der Waals surface area contributed by atoms with Gasteiger partial charge in [0, 0.05) is 47.0 Å². The van der Waals surface area contributed by atoms with E-state index >= 15 is 0 Å². The van der Waals surface area contributed by atoms with Crippen LogP contribution >= 0.6 is 0 Å². The smallest absolute Gasteiger partial charge is 0.121 e. The molecule has 0 saturated carbocycles. The maximum absolute atomic E-state index is 9.48. The summed E-state index contributed by atoms with van der Waals surface area (Å²) in [6.07, 6.45) is 1.87. The molecule has 1 radical (unpaired) electrons. The van der Waals surface area contributed by atoms with Crippen molar-refractivity contribution in [2.24, 2.45) is 0 Å². The summed E-state index contributed by atoms with van der Waals surface area (Å²) in [4.78, 5) is 9.61.